The van der Waals surface area contributed by atoms with Crippen LogP contribution >= 0.6 is 8.53 Å². The van der Waals surface area contributed by atoms with Crippen LogP contribution in [0.15, 0.2) is 90.0 Å². The van der Waals surface area contributed by atoms with Gasteiger partial charge in [-0.2, -0.15) is 10.2 Å². The molecule has 0 bridgehead atoms. The Kier molecular flexibility index (Phi) is 16.3. The SMILES string of the molecule is C#CCOC1C(OP(OCCC#N)N(C(C)C)C(C)C)C(COC(c2ccccc2)(c2ccc(OC)cc2)c2ccc(OC)cc2)OC1n1cnc2c(=O)[nH]c(NC(=O)C(C)C)nc21. The Morgan fingerprint density at radius 3 is 2.11 bits per heavy atom. The molecule has 17 heteroatoms. The number of terminal acetylenes is 1. The van der Waals surface area contributed by atoms with Gasteiger partial charge in [0, 0.05) is 18.0 Å². The van der Waals surface area contributed by atoms with E-state index in [0.29, 0.717) is 11.5 Å². The highest BCUT2D eigenvalue weighted by atomic mass is 31.2. The fraction of sp³-hybridized carbons (Fsp3) is 0.426. The fourth-order valence-electron chi connectivity index (χ4n) is 7.63. The quantitative estimate of drug-likeness (QED) is 0.0324. The predicted molar refractivity (Wildman–Crippen MR) is 242 cm³/mol. The van der Waals surface area contributed by atoms with Crippen LogP contribution in [0.2, 0.25) is 0 Å². The normalized spacial score (nSPS) is 18.1. The van der Waals surface area contributed by atoms with Crippen LogP contribution in [0.4, 0.5) is 5.95 Å². The molecule has 0 spiro atoms. The summed E-state index contributed by atoms with van der Waals surface area (Å²) in [5.74, 6) is 3.13. The first kappa shape index (κ1) is 47.8. The molecule has 0 saturated carbocycles. The minimum absolute atomic E-state index is 0.00833. The van der Waals surface area contributed by atoms with Gasteiger partial charge in [0.05, 0.1) is 46.3 Å². The van der Waals surface area contributed by atoms with Crippen molar-refractivity contribution in [1.82, 2.24) is 24.2 Å². The van der Waals surface area contributed by atoms with E-state index < -0.39 is 44.2 Å². The zero-order chi connectivity index (χ0) is 46.0. The number of aromatic amines is 1. The van der Waals surface area contributed by atoms with E-state index in [1.807, 2.05) is 107 Å². The monoisotopic (exact) mass is 893 g/mol. The molecule has 1 saturated heterocycles. The number of imidazole rings is 1. The topological polar surface area (TPSA) is 184 Å². The highest BCUT2D eigenvalue weighted by Crippen LogP contribution is 2.51. The fourth-order valence-corrected chi connectivity index (χ4v) is 9.40. The van der Waals surface area contributed by atoms with Gasteiger partial charge in [-0.05, 0) is 68.7 Å². The number of ether oxygens (including phenoxy) is 5. The lowest BCUT2D eigenvalue weighted by atomic mass is 9.80. The Morgan fingerprint density at radius 1 is 0.953 bits per heavy atom. The van der Waals surface area contributed by atoms with Crippen molar-refractivity contribution >= 4 is 31.5 Å². The molecule has 3 aromatic carbocycles. The third kappa shape index (κ3) is 10.5. The summed E-state index contributed by atoms with van der Waals surface area (Å²) in [5, 5.41) is 12.2. The number of amides is 1. The maximum Gasteiger partial charge on any atom is 0.280 e. The van der Waals surface area contributed by atoms with Crippen LogP contribution in [0.5, 0.6) is 11.5 Å². The maximum atomic E-state index is 13.4. The smallest absolute Gasteiger partial charge is 0.280 e. The second-order valence-electron chi connectivity index (χ2n) is 15.9. The standard InChI is InChI=1S/C47H56N7O9P/c1-10-26-59-41-40(63-64(61-27-14-25-48)54(31(4)5)32(6)7)38(62-45(41)53-29-49-39-42(53)50-46(52-44(39)56)51-43(55)30(2)3)28-60-47(33-15-12-11-13-16-33,34-17-21-36(57-8)22-18-34)35-19-23-37(58-9)24-20-35/h1,11-13,15-24,29-32,38,40-41,45H,14,26-28H2,2-9H3,(H2,50,51,52,55,56). The Balaban J connectivity index is 1.53. The molecule has 1 aliphatic heterocycles. The predicted octanol–water partition coefficient (Wildman–Crippen LogP) is 7.32. The van der Waals surface area contributed by atoms with E-state index in [9.17, 15) is 14.9 Å². The Bertz CT molecular complexity index is 2390. The summed E-state index contributed by atoms with van der Waals surface area (Å²) in [6, 6.07) is 27.3. The Labute approximate surface area is 375 Å². The van der Waals surface area contributed by atoms with Gasteiger partial charge in [0.1, 0.15) is 42.0 Å². The van der Waals surface area contributed by atoms with Gasteiger partial charge in [0.2, 0.25) is 11.9 Å². The number of H-pyrrole nitrogens is 1. The largest absolute Gasteiger partial charge is 0.497 e. The van der Waals surface area contributed by atoms with Crippen LogP contribution in [-0.2, 0) is 33.7 Å². The molecule has 1 amide bonds. The highest BCUT2D eigenvalue weighted by Gasteiger charge is 2.52. The number of carbonyl (C=O) groups excluding carboxylic acids is 1. The molecule has 64 heavy (non-hydrogen) atoms. The van der Waals surface area contributed by atoms with Crippen LogP contribution in [-0.4, -0.2) is 94.5 Å². The number of methoxy groups -OCH3 is 2. The second kappa shape index (κ2) is 21.8. The van der Waals surface area contributed by atoms with Crippen molar-refractivity contribution in [2.75, 3.05) is 39.4 Å². The van der Waals surface area contributed by atoms with Gasteiger partial charge in [0.15, 0.2) is 17.4 Å². The van der Waals surface area contributed by atoms with E-state index >= 15 is 0 Å². The summed E-state index contributed by atoms with van der Waals surface area (Å²) in [6.07, 6.45) is 3.56. The molecule has 5 atom stereocenters. The van der Waals surface area contributed by atoms with Gasteiger partial charge in [0.25, 0.3) is 14.1 Å². The van der Waals surface area contributed by atoms with Crippen LogP contribution in [0.1, 0.15) is 70.9 Å². The van der Waals surface area contributed by atoms with Crippen molar-refractivity contribution in [3.8, 4) is 29.9 Å². The molecule has 0 radical (unpaired) electrons. The van der Waals surface area contributed by atoms with Crippen molar-refractivity contribution in [1.29, 1.82) is 5.26 Å². The van der Waals surface area contributed by atoms with Crippen molar-refractivity contribution in [2.45, 2.75) is 90.2 Å². The Morgan fingerprint density at radius 2 is 1.56 bits per heavy atom. The molecular weight excluding hydrogens is 838 g/mol. The molecule has 2 aromatic heterocycles. The number of fused-ring (bicyclic) bond motifs is 1. The summed E-state index contributed by atoms with van der Waals surface area (Å²) < 4.78 is 49.2. The highest BCUT2D eigenvalue weighted by molar-refractivity contribution is 7.44. The van der Waals surface area contributed by atoms with Gasteiger partial charge >= 0.3 is 0 Å². The van der Waals surface area contributed by atoms with Gasteiger partial charge in [-0.15, -0.1) is 6.42 Å². The Hall–Kier alpha value is -5.68. The molecule has 16 nitrogen and oxygen atoms in total. The van der Waals surface area contributed by atoms with E-state index in [1.165, 1.54) is 6.33 Å². The molecule has 1 aliphatic rings. The lowest BCUT2D eigenvalue weighted by Gasteiger charge is -2.39. The molecule has 1 fully saturated rings. The van der Waals surface area contributed by atoms with E-state index in [1.54, 1.807) is 32.6 Å². The number of aromatic nitrogens is 4. The lowest BCUT2D eigenvalue weighted by Crippen LogP contribution is -2.43. The number of nitrogens with one attached hydrogen (secondary N) is 2. The van der Waals surface area contributed by atoms with Crippen molar-refractivity contribution < 1.29 is 37.5 Å². The minimum Gasteiger partial charge on any atom is -0.497 e. The van der Waals surface area contributed by atoms with E-state index in [-0.39, 0.29) is 67.3 Å². The molecule has 3 heterocycles. The molecule has 6 rings (SSSR count). The average molecular weight is 894 g/mol. The van der Waals surface area contributed by atoms with Crippen LogP contribution in [0.25, 0.3) is 11.2 Å². The zero-order valence-corrected chi connectivity index (χ0v) is 38.3. The number of anilines is 1. The third-order valence-electron chi connectivity index (χ3n) is 10.6. The van der Waals surface area contributed by atoms with Gasteiger partial charge in [-0.1, -0.05) is 74.4 Å². The summed E-state index contributed by atoms with van der Waals surface area (Å²) in [5.41, 5.74) is 0.738. The molecular formula is C47H56N7O9P. The summed E-state index contributed by atoms with van der Waals surface area (Å²) in [6.45, 7) is 11.5. The minimum atomic E-state index is -1.87. The van der Waals surface area contributed by atoms with Crippen LogP contribution in [0, 0.1) is 29.6 Å². The zero-order valence-electron chi connectivity index (χ0n) is 37.4. The van der Waals surface area contributed by atoms with Gasteiger partial charge < -0.3 is 32.7 Å². The van der Waals surface area contributed by atoms with Crippen LogP contribution < -0.4 is 20.3 Å². The van der Waals surface area contributed by atoms with Crippen molar-refractivity contribution in [2.24, 2.45) is 5.92 Å². The summed E-state index contributed by atoms with van der Waals surface area (Å²) >= 11 is 0. The second-order valence-corrected chi connectivity index (χ2v) is 17.3. The number of carbonyl (C=O) groups is 1. The molecule has 5 unspecified atom stereocenters. The number of nitrogens with zero attached hydrogens (tertiary/aromatic N) is 5. The number of hydrogen-bond acceptors (Lipinski definition) is 13. The third-order valence-corrected chi connectivity index (χ3v) is 12.8. The number of nitriles is 1. The van der Waals surface area contributed by atoms with Crippen molar-refractivity contribution in [3.63, 3.8) is 0 Å². The van der Waals surface area contributed by atoms with Gasteiger partial charge in [-0.3, -0.25) is 24.5 Å². The number of rotatable bonds is 21. The summed E-state index contributed by atoms with van der Waals surface area (Å²) in [4.78, 5) is 37.8. The number of benzene rings is 3. The average Bonchev–Trinajstić information content (AvgIpc) is 3.87. The molecule has 338 valence electrons. The summed E-state index contributed by atoms with van der Waals surface area (Å²) in [7, 11) is 1.36. The molecule has 0 aliphatic carbocycles. The van der Waals surface area contributed by atoms with Crippen LogP contribution in [0.3, 0.4) is 0 Å². The first-order valence-corrected chi connectivity index (χ1v) is 22.2. The van der Waals surface area contributed by atoms with E-state index in [0.717, 1.165) is 16.7 Å². The van der Waals surface area contributed by atoms with E-state index in [4.69, 9.17) is 39.2 Å². The number of hydrogen-bond donors (Lipinski definition) is 2. The first-order chi connectivity index (χ1) is 30.9. The van der Waals surface area contributed by atoms with Gasteiger partial charge in [-0.25, -0.2) is 9.65 Å². The van der Waals surface area contributed by atoms with E-state index in [2.05, 4.69) is 36.9 Å². The molecule has 5 aromatic rings. The van der Waals surface area contributed by atoms with Crippen molar-refractivity contribution in [3.05, 3.63) is 112 Å². The maximum absolute atomic E-state index is 13.4. The molecule has 2 N–H and O–H groups in total. The first-order valence-electron chi connectivity index (χ1n) is 21.1. The lowest BCUT2D eigenvalue weighted by molar-refractivity contribution is -0.118.